The first kappa shape index (κ1) is 18.6. The Kier molecular flexibility index (Phi) is 5.11. The Balaban J connectivity index is 1.35. The molecule has 3 aromatic rings. The summed E-state index contributed by atoms with van der Waals surface area (Å²) < 4.78 is 2.05. The van der Waals surface area contributed by atoms with Crippen molar-refractivity contribution in [2.24, 2.45) is 0 Å². The van der Waals surface area contributed by atoms with Crippen molar-refractivity contribution in [3.05, 3.63) is 46.2 Å². The van der Waals surface area contributed by atoms with E-state index >= 15 is 0 Å². The van der Waals surface area contributed by atoms with Crippen LogP contribution < -0.4 is 5.32 Å². The normalized spacial score (nSPS) is 15.6. The van der Waals surface area contributed by atoms with Crippen molar-refractivity contribution >= 4 is 27.9 Å². The second kappa shape index (κ2) is 7.70. The molecule has 0 bridgehead atoms. The lowest BCUT2D eigenvalue weighted by atomic mass is 9.96. The molecule has 1 aliphatic heterocycles. The highest BCUT2D eigenvalue weighted by atomic mass is 32.1. The van der Waals surface area contributed by atoms with Crippen molar-refractivity contribution < 1.29 is 4.79 Å². The SMILES string of the molecule is Cc1sc(NC(=O)CN2CCC(c3nnc4ccccn34)CC2)c(C#N)c1C. The molecule has 8 heteroatoms. The maximum atomic E-state index is 12.5. The van der Waals surface area contributed by atoms with Gasteiger partial charge >= 0.3 is 0 Å². The number of aromatic nitrogens is 3. The predicted octanol–water partition coefficient (Wildman–Crippen LogP) is 3.10. The average molecular weight is 395 g/mol. The highest BCUT2D eigenvalue weighted by molar-refractivity contribution is 7.16. The monoisotopic (exact) mass is 394 g/mol. The molecule has 0 unspecified atom stereocenters. The first-order valence-electron chi connectivity index (χ1n) is 9.38. The summed E-state index contributed by atoms with van der Waals surface area (Å²) in [5, 5.41) is 21.5. The van der Waals surface area contributed by atoms with Crippen LogP contribution in [-0.2, 0) is 4.79 Å². The van der Waals surface area contributed by atoms with Gasteiger partial charge in [-0.2, -0.15) is 5.26 Å². The minimum absolute atomic E-state index is 0.0656. The van der Waals surface area contributed by atoms with Crippen molar-refractivity contribution in [1.29, 1.82) is 5.26 Å². The maximum absolute atomic E-state index is 12.5. The van der Waals surface area contributed by atoms with Crippen molar-refractivity contribution in [3.63, 3.8) is 0 Å². The van der Waals surface area contributed by atoms with E-state index in [0.29, 0.717) is 23.0 Å². The number of nitriles is 1. The molecule has 0 spiro atoms. The molecule has 1 saturated heterocycles. The zero-order valence-corrected chi connectivity index (χ0v) is 16.8. The van der Waals surface area contributed by atoms with Gasteiger partial charge in [0.25, 0.3) is 0 Å². The number of nitrogens with zero attached hydrogens (tertiary/aromatic N) is 5. The molecule has 0 atom stereocenters. The molecule has 1 fully saturated rings. The largest absolute Gasteiger partial charge is 0.315 e. The van der Waals surface area contributed by atoms with Crippen LogP contribution in [0.5, 0.6) is 0 Å². The van der Waals surface area contributed by atoms with Crippen LogP contribution in [0.3, 0.4) is 0 Å². The molecule has 144 valence electrons. The Labute approximate surface area is 167 Å². The third kappa shape index (κ3) is 3.51. The van der Waals surface area contributed by atoms with Gasteiger partial charge in [-0.1, -0.05) is 6.07 Å². The third-order valence-electron chi connectivity index (χ3n) is 5.41. The lowest BCUT2D eigenvalue weighted by molar-refractivity contribution is -0.117. The Hall–Kier alpha value is -2.76. The van der Waals surface area contributed by atoms with Crippen LogP contribution in [0.15, 0.2) is 24.4 Å². The van der Waals surface area contributed by atoms with Gasteiger partial charge in [-0.25, -0.2) is 0 Å². The molecule has 0 aromatic carbocycles. The summed E-state index contributed by atoms with van der Waals surface area (Å²) in [4.78, 5) is 15.7. The molecular formula is C20H22N6OS. The van der Waals surface area contributed by atoms with E-state index in [1.807, 2.05) is 38.2 Å². The van der Waals surface area contributed by atoms with E-state index in [9.17, 15) is 10.1 Å². The van der Waals surface area contributed by atoms with Crippen LogP contribution in [0.25, 0.3) is 5.65 Å². The van der Waals surface area contributed by atoms with Crippen LogP contribution in [-0.4, -0.2) is 45.0 Å². The Morgan fingerprint density at radius 3 is 2.86 bits per heavy atom. The maximum Gasteiger partial charge on any atom is 0.239 e. The fraction of sp³-hybridized carbons (Fsp3) is 0.400. The van der Waals surface area contributed by atoms with Crippen LogP contribution in [0, 0.1) is 25.2 Å². The first-order valence-corrected chi connectivity index (χ1v) is 10.2. The van der Waals surface area contributed by atoms with Crippen LogP contribution in [0.2, 0.25) is 0 Å². The third-order valence-corrected chi connectivity index (χ3v) is 6.53. The van der Waals surface area contributed by atoms with E-state index in [2.05, 4.69) is 30.9 Å². The number of hydrogen-bond donors (Lipinski definition) is 1. The molecule has 0 saturated carbocycles. The second-order valence-corrected chi connectivity index (χ2v) is 8.41. The molecule has 4 rings (SSSR count). The lowest BCUT2D eigenvalue weighted by Crippen LogP contribution is -2.39. The molecular weight excluding hydrogens is 372 g/mol. The van der Waals surface area contributed by atoms with Crippen LogP contribution >= 0.6 is 11.3 Å². The van der Waals surface area contributed by atoms with Crippen molar-refractivity contribution in [2.45, 2.75) is 32.6 Å². The molecule has 1 amide bonds. The summed E-state index contributed by atoms with van der Waals surface area (Å²) in [6.45, 7) is 5.91. The number of pyridine rings is 1. The number of carbonyl (C=O) groups excluding carboxylic acids is 1. The van der Waals surface area contributed by atoms with Crippen LogP contribution in [0.1, 0.15) is 40.6 Å². The molecule has 1 N–H and O–H groups in total. The Bertz CT molecular complexity index is 1050. The number of fused-ring (bicyclic) bond motifs is 1. The van der Waals surface area contributed by atoms with E-state index in [1.165, 1.54) is 11.3 Å². The number of piperidine rings is 1. The molecule has 7 nitrogen and oxygen atoms in total. The standard InChI is InChI=1S/C20H22N6OS/c1-13-14(2)28-20(16(13)11-21)22-18(27)12-25-9-6-15(7-10-25)19-24-23-17-5-3-4-8-26(17)19/h3-5,8,15H,6-7,9-10,12H2,1-2H3,(H,22,27). The zero-order chi connectivity index (χ0) is 19.7. The van der Waals surface area contributed by atoms with E-state index in [1.54, 1.807) is 0 Å². The number of nitrogens with one attached hydrogen (secondary N) is 1. The molecule has 4 heterocycles. The number of thiophene rings is 1. The summed E-state index contributed by atoms with van der Waals surface area (Å²) in [7, 11) is 0. The fourth-order valence-corrected chi connectivity index (χ4v) is 4.73. The van der Waals surface area contributed by atoms with Crippen molar-refractivity contribution in [1.82, 2.24) is 19.5 Å². The number of rotatable bonds is 4. The predicted molar refractivity (Wildman–Crippen MR) is 109 cm³/mol. The fourth-order valence-electron chi connectivity index (χ4n) is 3.71. The van der Waals surface area contributed by atoms with Gasteiger partial charge in [-0.15, -0.1) is 21.5 Å². The highest BCUT2D eigenvalue weighted by Crippen LogP contribution is 2.32. The Morgan fingerprint density at radius 2 is 2.11 bits per heavy atom. The molecule has 3 aromatic heterocycles. The average Bonchev–Trinajstić information content (AvgIpc) is 3.23. The van der Waals surface area contributed by atoms with Crippen LogP contribution in [0.4, 0.5) is 5.00 Å². The summed E-state index contributed by atoms with van der Waals surface area (Å²) in [6.07, 6.45) is 3.90. The molecule has 1 aliphatic rings. The molecule has 0 aliphatic carbocycles. The van der Waals surface area contributed by atoms with Gasteiger partial charge in [-0.05, 0) is 57.5 Å². The Morgan fingerprint density at radius 1 is 1.32 bits per heavy atom. The van der Waals surface area contributed by atoms with Gasteiger partial charge in [0.2, 0.25) is 5.91 Å². The number of carbonyl (C=O) groups is 1. The number of anilines is 1. The van der Waals surface area contributed by atoms with Gasteiger partial charge in [0.05, 0.1) is 12.1 Å². The molecule has 28 heavy (non-hydrogen) atoms. The van der Waals surface area contributed by atoms with E-state index in [0.717, 1.165) is 47.8 Å². The van der Waals surface area contributed by atoms with Crippen molar-refractivity contribution in [3.8, 4) is 6.07 Å². The number of hydrogen-bond acceptors (Lipinski definition) is 6. The summed E-state index contributed by atoms with van der Waals surface area (Å²) in [5.41, 5.74) is 2.39. The summed E-state index contributed by atoms with van der Waals surface area (Å²) in [6, 6.07) is 8.10. The number of likely N-dealkylation sites (tertiary alicyclic amines) is 1. The minimum atomic E-state index is -0.0656. The van der Waals surface area contributed by atoms with E-state index in [-0.39, 0.29) is 5.91 Å². The second-order valence-electron chi connectivity index (χ2n) is 7.18. The summed E-state index contributed by atoms with van der Waals surface area (Å²) >= 11 is 1.46. The molecule has 0 radical (unpaired) electrons. The quantitative estimate of drug-likeness (QED) is 0.735. The van der Waals surface area contributed by atoms with Crippen molar-refractivity contribution in [2.75, 3.05) is 25.0 Å². The van der Waals surface area contributed by atoms with E-state index < -0.39 is 0 Å². The lowest BCUT2D eigenvalue weighted by Gasteiger charge is -2.30. The number of amides is 1. The van der Waals surface area contributed by atoms with Gasteiger partial charge < -0.3 is 5.32 Å². The van der Waals surface area contributed by atoms with Gasteiger partial charge in [0.1, 0.15) is 16.9 Å². The zero-order valence-electron chi connectivity index (χ0n) is 16.0. The first-order chi connectivity index (χ1) is 13.6. The minimum Gasteiger partial charge on any atom is -0.315 e. The summed E-state index contributed by atoms with van der Waals surface area (Å²) in [5.74, 6) is 1.29. The smallest absolute Gasteiger partial charge is 0.239 e. The topological polar surface area (TPSA) is 86.3 Å². The van der Waals surface area contributed by atoms with Gasteiger partial charge in [0, 0.05) is 17.0 Å². The van der Waals surface area contributed by atoms with E-state index in [4.69, 9.17) is 0 Å². The number of aryl methyl sites for hydroxylation is 1. The van der Waals surface area contributed by atoms with Gasteiger partial charge in [0.15, 0.2) is 5.65 Å². The highest BCUT2D eigenvalue weighted by Gasteiger charge is 2.26. The van der Waals surface area contributed by atoms with Gasteiger partial charge in [-0.3, -0.25) is 14.1 Å².